The summed E-state index contributed by atoms with van der Waals surface area (Å²) >= 11 is 0. The highest BCUT2D eigenvalue weighted by molar-refractivity contribution is 5.79. The Morgan fingerprint density at radius 3 is 2.03 bits per heavy atom. The molecule has 3 N–H and O–H groups in total. The lowest BCUT2D eigenvalue weighted by Gasteiger charge is -2.40. The topological polar surface area (TPSA) is 70.3 Å². The first-order valence-corrected chi connectivity index (χ1v) is 12.1. The number of piperazine rings is 1. The fourth-order valence-corrected chi connectivity index (χ4v) is 4.90. The molecule has 0 aliphatic carbocycles. The molecule has 4 aromatic rings. The quantitative estimate of drug-likeness (QED) is 0.402. The van der Waals surface area contributed by atoms with E-state index in [0.29, 0.717) is 11.5 Å². The molecule has 0 saturated carbocycles. The van der Waals surface area contributed by atoms with E-state index < -0.39 is 0 Å². The van der Waals surface area contributed by atoms with E-state index in [9.17, 15) is 0 Å². The number of hydrogen-bond donors (Lipinski definition) is 2. The average Bonchev–Trinajstić information content (AvgIpc) is 2.89. The summed E-state index contributed by atoms with van der Waals surface area (Å²) in [5.74, 6) is 1.44. The van der Waals surface area contributed by atoms with Crippen molar-refractivity contribution in [2.24, 2.45) is 0 Å². The summed E-state index contributed by atoms with van der Waals surface area (Å²) in [7, 11) is 0. The van der Waals surface area contributed by atoms with Gasteiger partial charge in [-0.05, 0) is 36.6 Å². The molecule has 1 aromatic heterocycles. The Kier molecular flexibility index (Phi) is 6.64. The van der Waals surface area contributed by atoms with Crippen LogP contribution in [0.4, 0.5) is 23.0 Å². The van der Waals surface area contributed by atoms with E-state index in [4.69, 9.17) is 5.73 Å². The lowest BCUT2D eigenvalue weighted by Crippen LogP contribution is -2.48. The molecule has 1 saturated heterocycles. The smallest absolute Gasteiger partial charge is 0.159 e. The molecule has 0 amide bonds. The molecule has 6 heteroatoms. The number of nitrogens with one attached hydrogen (secondary N) is 1. The summed E-state index contributed by atoms with van der Waals surface area (Å²) < 4.78 is 0. The molecule has 178 valence electrons. The van der Waals surface area contributed by atoms with Crippen LogP contribution in [0, 0.1) is 13.8 Å². The molecule has 0 bridgehead atoms. The summed E-state index contributed by atoms with van der Waals surface area (Å²) in [6.45, 7) is 7.70. The van der Waals surface area contributed by atoms with Gasteiger partial charge in [0.25, 0.3) is 0 Å². The average molecular weight is 465 g/mol. The van der Waals surface area contributed by atoms with Gasteiger partial charge in [0, 0.05) is 31.9 Å². The van der Waals surface area contributed by atoms with Crippen molar-refractivity contribution in [3.63, 3.8) is 0 Å². The van der Waals surface area contributed by atoms with E-state index in [2.05, 4.69) is 118 Å². The number of hydrogen-bond acceptors (Lipinski definition) is 6. The Hall–Kier alpha value is -3.90. The molecular weight excluding hydrogens is 432 g/mol. The zero-order chi connectivity index (χ0) is 24.2. The SMILES string of the molecule is Cc1ccc(Nc2ncnc(N3CCN(C(c4ccccc4)c4ccccc4)CC3)c2N)c(C)c1. The Morgan fingerprint density at radius 1 is 0.800 bits per heavy atom. The van der Waals surface area contributed by atoms with Gasteiger partial charge in [-0.1, -0.05) is 78.4 Å². The molecule has 3 aromatic carbocycles. The first kappa shape index (κ1) is 22.9. The molecule has 1 fully saturated rings. The Morgan fingerprint density at radius 2 is 1.43 bits per heavy atom. The van der Waals surface area contributed by atoms with E-state index >= 15 is 0 Å². The van der Waals surface area contributed by atoms with Crippen LogP contribution in [0.1, 0.15) is 28.3 Å². The largest absolute Gasteiger partial charge is 0.393 e. The fourth-order valence-electron chi connectivity index (χ4n) is 4.90. The second-order valence-electron chi connectivity index (χ2n) is 9.15. The van der Waals surface area contributed by atoms with Gasteiger partial charge in [0.15, 0.2) is 11.6 Å². The number of nitrogens with zero attached hydrogens (tertiary/aromatic N) is 4. The minimum atomic E-state index is 0.226. The van der Waals surface area contributed by atoms with Crippen molar-refractivity contribution in [2.75, 3.05) is 42.1 Å². The maximum atomic E-state index is 6.58. The molecule has 0 spiro atoms. The molecule has 1 aliphatic rings. The maximum Gasteiger partial charge on any atom is 0.159 e. The second kappa shape index (κ2) is 10.2. The van der Waals surface area contributed by atoms with E-state index in [1.807, 2.05) is 0 Å². The molecule has 1 aliphatic heterocycles. The van der Waals surface area contributed by atoms with Crippen molar-refractivity contribution in [3.05, 3.63) is 107 Å². The number of nitrogen functional groups attached to an aromatic ring is 1. The van der Waals surface area contributed by atoms with Crippen molar-refractivity contribution in [3.8, 4) is 0 Å². The van der Waals surface area contributed by atoms with Gasteiger partial charge in [0.05, 0.1) is 6.04 Å². The molecule has 2 heterocycles. The van der Waals surface area contributed by atoms with Crippen LogP contribution >= 0.6 is 0 Å². The Labute approximate surface area is 207 Å². The summed E-state index contributed by atoms with van der Waals surface area (Å²) in [6, 6.07) is 28.0. The highest BCUT2D eigenvalue weighted by Crippen LogP contribution is 2.33. The predicted molar refractivity (Wildman–Crippen MR) is 144 cm³/mol. The molecule has 0 atom stereocenters. The van der Waals surface area contributed by atoms with Crippen LogP contribution in [0.5, 0.6) is 0 Å². The third-order valence-corrected chi connectivity index (χ3v) is 6.71. The lowest BCUT2D eigenvalue weighted by atomic mass is 9.96. The van der Waals surface area contributed by atoms with Gasteiger partial charge in [-0.3, -0.25) is 4.90 Å². The van der Waals surface area contributed by atoms with Gasteiger partial charge in [-0.2, -0.15) is 0 Å². The number of rotatable bonds is 6. The Balaban J connectivity index is 1.34. The second-order valence-corrected chi connectivity index (χ2v) is 9.15. The van der Waals surface area contributed by atoms with Crippen LogP contribution in [-0.4, -0.2) is 41.0 Å². The molecule has 35 heavy (non-hydrogen) atoms. The fraction of sp³-hybridized carbons (Fsp3) is 0.241. The van der Waals surface area contributed by atoms with Gasteiger partial charge in [-0.15, -0.1) is 0 Å². The zero-order valence-corrected chi connectivity index (χ0v) is 20.4. The number of nitrogens with two attached hydrogens (primary N) is 1. The van der Waals surface area contributed by atoms with Crippen LogP contribution in [0.2, 0.25) is 0 Å². The third kappa shape index (κ3) is 4.98. The molecule has 0 radical (unpaired) electrons. The van der Waals surface area contributed by atoms with Crippen LogP contribution in [-0.2, 0) is 0 Å². The number of anilines is 4. The minimum absolute atomic E-state index is 0.226. The zero-order valence-electron chi connectivity index (χ0n) is 20.4. The highest BCUT2D eigenvalue weighted by Gasteiger charge is 2.28. The first-order valence-electron chi connectivity index (χ1n) is 12.1. The van der Waals surface area contributed by atoms with Gasteiger partial charge in [-0.25, -0.2) is 9.97 Å². The van der Waals surface area contributed by atoms with Crippen molar-refractivity contribution in [2.45, 2.75) is 19.9 Å². The van der Waals surface area contributed by atoms with Crippen molar-refractivity contribution >= 4 is 23.0 Å². The van der Waals surface area contributed by atoms with E-state index in [1.165, 1.54) is 16.7 Å². The molecule has 5 rings (SSSR count). The predicted octanol–water partition coefficient (Wildman–Crippen LogP) is 5.33. The van der Waals surface area contributed by atoms with Crippen molar-refractivity contribution < 1.29 is 0 Å². The standard InChI is InChI=1S/C29H32N6/c1-21-13-14-25(22(2)19-21)33-28-26(30)29(32-20-31-28)35-17-15-34(16-18-35)27(23-9-5-3-6-10-23)24-11-7-4-8-12-24/h3-14,19-20,27H,15-18,30H2,1-2H3,(H,31,32,33). The van der Waals surface area contributed by atoms with Crippen molar-refractivity contribution in [1.82, 2.24) is 14.9 Å². The van der Waals surface area contributed by atoms with Crippen LogP contribution < -0.4 is 16.0 Å². The van der Waals surface area contributed by atoms with E-state index in [1.54, 1.807) is 6.33 Å². The number of aromatic nitrogens is 2. The van der Waals surface area contributed by atoms with Crippen LogP contribution in [0.15, 0.2) is 85.2 Å². The highest BCUT2D eigenvalue weighted by atomic mass is 15.3. The summed E-state index contributed by atoms with van der Waals surface area (Å²) in [5, 5.41) is 3.40. The summed E-state index contributed by atoms with van der Waals surface area (Å²) in [6.07, 6.45) is 1.60. The monoisotopic (exact) mass is 464 g/mol. The number of aryl methyl sites for hydroxylation is 2. The van der Waals surface area contributed by atoms with Gasteiger partial charge in [0.2, 0.25) is 0 Å². The summed E-state index contributed by atoms with van der Waals surface area (Å²) in [4.78, 5) is 13.8. The number of benzene rings is 3. The van der Waals surface area contributed by atoms with Gasteiger partial charge in [0.1, 0.15) is 12.0 Å². The molecule has 0 unspecified atom stereocenters. The van der Waals surface area contributed by atoms with Gasteiger partial charge < -0.3 is 16.0 Å². The van der Waals surface area contributed by atoms with Gasteiger partial charge >= 0.3 is 0 Å². The normalized spacial score (nSPS) is 14.3. The lowest BCUT2D eigenvalue weighted by molar-refractivity contribution is 0.212. The van der Waals surface area contributed by atoms with E-state index in [-0.39, 0.29) is 6.04 Å². The molecular formula is C29H32N6. The summed E-state index contributed by atoms with van der Waals surface area (Å²) in [5.41, 5.74) is 13.2. The molecule has 6 nitrogen and oxygen atoms in total. The Bertz CT molecular complexity index is 1230. The van der Waals surface area contributed by atoms with E-state index in [0.717, 1.165) is 43.2 Å². The first-order chi connectivity index (χ1) is 17.1. The van der Waals surface area contributed by atoms with Crippen LogP contribution in [0.25, 0.3) is 0 Å². The minimum Gasteiger partial charge on any atom is -0.393 e. The third-order valence-electron chi connectivity index (χ3n) is 6.71. The van der Waals surface area contributed by atoms with Crippen LogP contribution in [0.3, 0.4) is 0 Å². The maximum absolute atomic E-state index is 6.58. The van der Waals surface area contributed by atoms with Crippen molar-refractivity contribution in [1.29, 1.82) is 0 Å².